The van der Waals surface area contributed by atoms with Gasteiger partial charge in [0.1, 0.15) is 10.8 Å². The SMILES string of the molecule is O=C(CCCOc1ccccc1)NCCc1nn2c(C(F)(F)F)nnc2s1. The molecule has 11 heteroatoms. The lowest BCUT2D eigenvalue weighted by atomic mass is 10.3. The highest BCUT2D eigenvalue weighted by Crippen LogP contribution is 2.28. The Morgan fingerprint density at radius 1 is 1.22 bits per heavy atom. The summed E-state index contributed by atoms with van der Waals surface area (Å²) in [7, 11) is 0. The van der Waals surface area contributed by atoms with Crippen molar-refractivity contribution in [2.45, 2.75) is 25.4 Å². The van der Waals surface area contributed by atoms with Crippen molar-refractivity contribution in [3.05, 3.63) is 41.2 Å². The van der Waals surface area contributed by atoms with Gasteiger partial charge in [0.05, 0.1) is 6.61 Å². The summed E-state index contributed by atoms with van der Waals surface area (Å²) in [6, 6.07) is 9.30. The number of alkyl halides is 3. The quantitative estimate of drug-likeness (QED) is 0.589. The second-order valence-electron chi connectivity index (χ2n) is 5.58. The van der Waals surface area contributed by atoms with Crippen LogP contribution < -0.4 is 10.1 Å². The molecule has 0 aliphatic heterocycles. The molecule has 2 heterocycles. The smallest absolute Gasteiger partial charge is 0.453 e. The highest BCUT2D eigenvalue weighted by molar-refractivity contribution is 7.16. The maximum Gasteiger partial charge on any atom is 0.453 e. The molecule has 0 radical (unpaired) electrons. The fraction of sp³-hybridized carbons (Fsp3) is 0.375. The van der Waals surface area contributed by atoms with Gasteiger partial charge in [0.2, 0.25) is 10.9 Å². The van der Waals surface area contributed by atoms with Gasteiger partial charge < -0.3 is 10.1 Å². The molecule has 1 amide bonds. The average Bonchev–Trinajstić information content (AvgIpc) is 3.19. The first-order valence-electron chi connectivity index (χ1n) is 8.16. The summed E-state index contributed by atoms with van der Waals surface area (Å²) >= 11 is 1.01. The van der Waals surface area contributed by atoms with Crippen LogP contribution in [0.2, 0.25) is 0 Å². The molecule has 0 saturated heterocycles. The van der Waals surface area contributed by atoms with Gasteiger partial charge in [-0.25, -0.2) is 0 Å². The first kappa shape index (κ1) is 19.1. The Hall–Kier alpha value is -2.69. The lowest BCUT2D eigenvalue weighted by Crippen LogP contribution is -2.25. The highest BCUT2D eigenvalue weighted by atomic mass is 32.1. The second-order valence-corrected chi connectivity index (χ2v) is 6.62. The molecule has 0 atom stereocenters. The summed E-state index contributed by atoms with van der Waals surface area (Å²) in [5, 5.41) is 13.6. The van der Waals surface area contributed by atoms with Crippen LogP contribution in [0.5, 0.6) is 5.75 Å². The summed E-state index contributed by atoms with van der Waals surface area (Å²) in [6.45, 7) is 0.707. The lowest BCUT2D eigenvalue weighted by molar-refractivity contribution is -0.146. The topological polar surface area (TPSA) is 81.4 Å². The average molecular weight is 399 g/mol. The molecule has 7 nitrogen and oxygen atoms in total. The molecule has 0 fully saturated rings. The van der Waals surface area contributed by atoms with Crippen molar-refractivity contribution in [2.24, 2.45) is 0 Å². The number of halogens is 3. The van der Waals surface area contributed by atoms with Crippen molar-refractivity contribution in [3.63, 3.8) is 0 Å². The maximum absolute atomic E-state index is 12.7. The number of amides is 1. The van der Waals surface area contributed by atoms with Gasteiger partial charge >= 0.3 is 6.18 Å². The first-order valence-corrected chi connectivity index (χ1v) is 8.98. The second kappa shape index (κ2) is 8.33. The molecule has 0 bridgehead atoms. The lowest BCUT2D eigenvalue weighted by Gasteiger charge is -2.06. The van der Waals surface area contributed by atoms with E-state index in [1.807, 2.05) is 30.3 Å². The Labute approximate surface area is 156 Å². The van der Waals surface area contributed by atoms with E-state index in [9.17, 15) is 18.0 Å². The molecule has 0 unspecified atom stereocenters. The van der Waals surface area contributed by atoms with E-state index in [0.29, 0.717) is 35.4 Å². The molecule has 0 spiro atoms. The van der Waals surface area contributed by atoms with Gasteiger partial charge in [-0.2, -0.15) is 22.8 Å². The Balaban J connectivity index is 1.38. The Morgan fingerprint density at radius 3 is 2.74 bits per heavy atom. The summed E-state index contributed by atoms with van der Waals surface area (Å²) in [5.41, 5.74) is 0. The minimum atomic E-state index is -4.61. The zero-order chi connectivity index (χ0) is 19.3. The number of carbonyl (C=O) groups excluding carboxylic acids is 1. The molecule has 0 aliphatic rings. The van der Waals surface area contributed by atoms with Crippen LogP contribution in [-0.4, -0.2) is 38.9 Å². The summed E-state index contributed by atoms with van der Waals surface area (Å²) < 4.78 is 44.4. The molecular formula is C16H16F3N5O2S. The Kier molecular flexibility index (Phi) is 5.89. The van der Waals surface area contributed by atoms with E-state index in [4.69, 9.17) is 4.74 Å². The monoisotopic (exact) mass is 399 g/mol. The maximum atomic E-state index is 12.7. The molecule has 0 saturated carbocycles. The van der Waals surface area contributed by atoms with Crippen molar-refractivity contribution in [3.8, 4) is 5.75 Å². The number of rotatable bonds is 8. The van der Waals surface area contributed by atoms with Crippen LogP contribution in [0.1, 0.15) is 23.7 Å². The van der Waals surface area contributed by atoms with E-state index in [2.05, 4.69) is 20.6 Å². The highest BCUT2D eigenvalue weighted by Gasteiger charge is 2.38. The molecule has 1 N–H and O–H groups in total. The normalized spacial score (nSPS) is 11.7. The molecule has 3 aromatic rings. The number of nitrogens with zero attached hydrogens (tertiary/aromatic N) is 4. The van der Waals surface area contributed by atoms with E-state index in [1.54, 1.807) is 0 Å². The van der Waals surface area contributed by atoms with Crippen molar-refractivity contribution in [1.29, 1.82) is 0 Å². The predicted octanol–water partition coefficient (Wildman–Crippen LogP) is 2.72. The van der Waals surface area contributed by atoms with Gasteiger partial charge in [-0.05, 0) is 18.6 Å². The third kappa shape index (κ3) is 5.16. The minimum Gasteiger partial charge on any atom is -0.494 e. The molecule has 144 valence electrons. The largest absolute Gasteiger partial charge is 0.494 e. The van der Waals surface area contributed by atoms with Gasteiger partial charge in [-0.1, -0.05) is 29.5 Å². The number of fused-ring (bicyclic) bond motifs is 1. The van der Waals surface area contributed by atoms with E-state index in [-0.39, 0.29) is 17.4 Å². The molecule has 1 aromatic carbocycles. The minimum absolute atomic E-state index is 0.0710. The van der Waals surface area contributed by atoms with E-state index >= 15 is 0 Å². The van der Waals surface area contributed by atoms with Crippen molar-refractivity contribution in [2.75, 3.05) is 13.2 Å². The van der Waals surface area contributed by atoms with E-state index in [0.717, 1.165) is 17.1 Å². The fourth-order valence-corrected chi connectivity index (χ4v) is 3.10. The number of hydrogen-bond acceptors (Lipinski definition) is 6. The van der Waals surface area contributed by atoms with Crippen molar-refractivity contribution < 1.29 is 22.7 Å². The van der Waals surface area contributed by atoms with E-state index < -0.39 is 12.0 Å². The summed E-state index contributed by atoms with van der Waals surface area (Å²) in [5.74, 6) is -0.549. The molecule has 3 rings (SSSR count). The molecule has 0 aliphatic carbocycles. The number of ether oxygens (including phenoxy) is 1. The van der Waals surface area contributed by atoms with Gasteiger partial charge in [-0.3, -0.25) is 4.79 Å². The third-order valence-electron chi connectivity index (χ3n) is 3.51. The number of carbonyl (C=O) groups is 1. The van der Waals surface area contributed by atoms with Crippen molar-refractivity contribution in [1.82, 2.24) is 25.1 Å². The number of benzene rings is 1. The van der Waals surface area contributed by atoms with Crippen LogP contribution in [0.3, 0.4) is 0 Å². The predicted molar refractivity (Wildman–Crippen MR) is 91.5 cm³/mol. The van der Waals surface area contributed by atoms with Gasteiger partial charge in [0.25, 0.3) is 5.82 Å². The van der Waals surface area contributed by atoms with Crippen LogP contribution in [0.4, 0.5) is 13.2 Å². The number of hydrogen-bond donors (Lipinski definition) is 1. The first-order chi connectivity index (χ1) is 12.9. The standard InChI is InChI=1S/C16H16F3N5O2S/c17-16(18,19)14-21-22-15-24(14)23-13(27-15)8-9-20-12(25)7-4-10-26-11-5-2-1-3-6-11/h1-3,5-6H,4,7-10H2,(H,20,25). The molecule has 2 aromatic heterocycles. The molecule has 27 heavy (non-hydrogen) atoms. The Bertz CT molecular complexity index is 894. The van der Waals surface area contributed by atoms with E-state index in [1.165, 1.54) is 0 Å². The number of nitrogens with one attached hydrogen (secondary N) is 1. The van der Waals surface area contributed by atoms with Crippen LogP contribution in [-0.2, 0) is 17.4 Å². The number of para-hydroxylation sites is 1. The van der Waals surface area contributed by atoms with Gasteiger partial charge in [0, 0.05) is 19.4 Å². The van der Waals surface area contributed by atoms with Gasteiger partial charge in [0.15, 0.2) is 0 Å². The summed E-state index contributed by atoms with van der Waals surface area (Å²) in [4.78, 5) is 11.9. The van der Waals surface area contributed by atoms with Crippen LogP contribution in [0.15, 0.2) is 30.3 Å². The zero-order valence-corrected chi connectivity index (χ0v) is 14.9. The number of aromatic nitrogens is 4. The van der Waals surface area contributed by atoms with Crippen LogP contribution >= 0.6 is 11.3 Å². The fourth-order valence-electron chi connectivity index (χ4n) is 2.27. The van der Waals surface area contributed by atoms with Crippen LogP contribution in [0, 0.1) is 0 Å². The molecular weight excluding hydrogens is 383 g/mol. The zero-order valence-electron chi connectivity index (χ0n) is 14.1. The van der Waals surface area contributed by atoms with Crippen LogP contribution in [0.25, 0.3) is 4.96 Å². The Morgan fingerprint density at radius 2 is 2.00 bits per heavy atom. The van der Waals surface area contributed by atoms with Crippen molar-refractivity contribution >= 4 is 22.2 Å². The summed E-state index contributed by atoms with van der Waals surface area (Å²) in [6.07, 6.45) is -3.43. The van der Waals surface area contributed by atoms with Gasteiger partial charge in [-0.15, -0.1) is 10.2 Å². The third-order valence-corrected chi connectivity index (χ3v) is 4.47.